The largest absolute Gasteiger partial charge is 0.339 e. The van der Waals surface area contributed by atoms with Crippen LogP contribution in [0.2, 0.25) is 0 Å². The molecular weight excluding hydrogens is 240 g/mol. The number of hydrogen-bond acceptors (Lipinski definition) is 3. The standard InChI is InChI=1S/C14H22N4O/c1-3-13-15-5-7-17(13)10-14(19)18-8-11-4-6-16(2)12(11)9-18/h5,7,11-12H,3-4,6,8-10H2,1-2H3/t11-,12+/m0/s1. The van der Waals surface area contributed by atoms with Crippen LogP contribution in [0.3, 0.4) is 0 Å². The molecular formula is C14H22N4O. The van der Waals surface area contributed by atoms with E-state index in [9.17, 15) is 4.79 Å². The molecule has 2 aliphatic rings. The fraction of sp³-hybridized carbons (Fsp3) is 0.714. The van der Waals surface area contributed by atoms with E-state index in [1.807, 2.05) is 15.7 Å². The number of hydrogen-bond donors (Lipinski definition) is 0. The van der Waals surface area contributed by atoms with Gasteiger partial charge in [-0.3, -0.25) is 4.79 Å². The van der Waals surface area contributed by atoms with Gasteiger partial charge in [0.15, 0.2) is 0 Å². The second-order valence-electron chi connectivity index (χ2n) is 5.72. The van der Waals surface area contributed by atoms with E-state index >= 15 is 0 Å². The second kappa shape index (κ2) is 4.96. The van der Waals surface area contributed by atoms with Crippen LogP contribution in [0.4, 0.5) is 0 Å². The van der Waals surface area contributed by atoms with Gasteiger partial charge in [0.1, 0.15) is 12.4 Å². The van der Waals surface area contributed by atoms with Gasteiger partial charge in [-0.1, -0.05) is 6.92 Å². The quantitative estimate of drug-likeness (QED) is 0.801. The number of aromatic nitrogens is 2. The van der Waals surface area contributed by atoms with Crippen LogP contribution in [0, 0.1) is 5.92 Å². The SMILES string of the molecule is CCc1nccn1CC(=O)N1C[C@@H]2CCN(C)[C@@H]2C1. The van der Waals surface area contributed by atoms with Crippen molar-refractivity contribution in [3.05, 3.63) is 18.2 Å². The first kappa shape index (κ1) is 12.7. The average molecular weight is 262 g/mol. The van der Waals surface area contributed by atoms with E-state index in [1.54, 1.807) is 6.20 Å². The Bertz CT molecular complexity index is 470. The minimum Gasteiger partial charge on any atom is -0.339 e. The van der Waals surface area contributed by atoms with Gasteiger partial charge in [-0.25, -0.2) is 4.98 Å². The lowest BCUT2D eigenvalue weighted by atomic mass is 10.1. The van der Waals surface area contributed by atoms with Gasteiger partial charge in [-0.15, -0.1) is 0 Å². The van der Waals surface area contributed by atoms with Crippen molar-refractivity contribution in [1.82, 2.24) is 19.4 Å². The summed E-state index contributed by atoms with van der Waals surface area (Å²) in [5, 5.41) is 0. The molecule has 0 bridgehead atoms. The van der Waals surface area contributed by atoms with Crippen LogP contribution in [0.15, 0.2) is 12.4 Å². The molecule has 2 saturated heterocycles. The highest BCUT2D eigenvalue weighted by Crippen LogP contribution is 2.30. The number of imidazole rings is 1. The lowest BCUT2D eigenvalue weighted by molar-refractivity contribution is -0.131. The van der Waals surface area contributed by atoms with Gasteiger partial charge in [-0.05, 0) is 25.9 Å². The Morgan fingerprint density at radius 2 is 2.32 bits per heavy atom. The van der Waals surface area contributed by atoms with Crippen molar-refractivity contribution < 1.29 is 4.79 Å². The number of fused-ring (bicyclic) bond motifs is 1. The molecule has 0 aliphatic carbocycles. The summed E-state index contributed by atoms with van der Waals surface area (Å²) in [5.41, 5.74) is 0. The maximum absolute atomic E-state index is 12.4. The lowest BCUT2D eigenvalue weighted by Gasteiger charge is -2.21. The summed E-state index contributed by atoms with van der Waals surface area (Å²) in [6.45, 7) is 5.52. The molecule has 2 fully saturated rings. The topological polar surface area (TPSA) is 41.4 Å². The Hall–Kier alpha value is -1.36. The zero-order chi connectivity index (χ0) is 13.4. The van der Waals surface area contributed by atoms with Crippen LogP contribution in [0.5, 0.6) is 0 Å². The number of nitrogens with zero attached hydrogens (tertiary/aromatic N) is 4. The van der Waals surface area contributed by atoms with E-state index in [1.165, 1.54) is 13.0 Å². The van der Waals surface area contributed by atoms with E-state index in [4.69, 9.17) is 0 Å². The minimum atomic E-state index is 0.232. The molecule has 0 radical (unpaired) electrons. The third-order valence-electron chi connectivity index (χ3n) is 4.60. The van der Waals surface area contributed by atoms with Crippen molar-refractivity contribution in [1.29, 1.82) is 0 Å². The molecule has 0 saturated carbocycles. The van der Waals surface area contributed by atoms with Gasteiger partial charge >= 0.3 is 0 Å². The van der Waals surface area contributed by atoms with Gasteiger partial charge in [0.2, 0.25) is 5.91 Å². The van der Waals surface area contributed by atoms with Crippen molar-refractivity contribution in [3.63, 3.8) is 0 Å². The molecule has 2 atom stereocenters. The minimum absolute atomic E-state index is 0.232. The van der Waals surface area contributed by atoms with Crippen molar-refractivity contribution >= 4 is 5.91 Å². The van der Waals surface area contributed by atoms with E-state index in [-0.39, 0.29) is 5.91 Å². The monoisotopic (exact) mass is 262 g/mol. The number of aryl methyl sites for hydroxylation is 1. The van der Waals surface area contributed by atoms with Crippen molar-refractivity contribution in [2.45, 2.75) is 32.4 Å². The molecule has 0 unspecified atom stereocenters. The number of carbonyl (C=O) groups excluding carboxylic acids is 1. The average Bonchev–Trinajstić information content (AvgIpc) is 3.07. The summed E-state index contributed by atoms with van der Waals surface area (Å²) in [4.78, 5) is 21.1. The normalized spacial score (nSPS) is 26.9. The van der Waals surface area contributed by atoms with Crippen molar-refractivity contribution in [2.24, 2.45) is 5.92 Å². The van der Waals surface area contributed by atoms with Crippen LogP contribution in [-0.4, -0.2) is 58.0 Å². The third-order valence-corrected chi connectivity index (χ3v) is 4.60. The number of likely N-dealkylation sites (tertiary alicyclic amines) is 2. The molecule has 1 amide bonds. The maximum atomic E-state index is 12.4. The highest BCUT2D eigenvalue weighted by atomic mass is 16.2. The maximum Gasteiger partial charge on any atom is 0.242 e. The summed E-state index contributed by atoms with van der Waals surface area (Å²) in [5.74, 6) is 1.91. The molecule has 0 spiro atoms. The predicted octanol–water partition coefficient (Wildman–Crippen LogP) is 0.608. The first-order valence-electron chi connectivity index (χ1n) is 7.17. The van der Waals surface area contributed by atoms with Crippen molar-refractivity contribution in [2.75, 3.05) is 26.7 Å². The first-order chi connectivity index (χ1) is 9.19. The molecule has 5 heteroatoms. The smallest absolute Gasteiger partial charge is 0.242 e. The molecule has 2 aliphatic heterocycles. The number of carbonyl (C=O) groups is 1. The van der Waals surface area contributed by atoms with Gasteiger partial charge < -0.3 is 14.4 Å². The van der Waals surface area contributed by atoms with E-state index < -0.39 is 0 Å². The number of rotatable bonds is 3. The number of likely N-dealkylation sites (N-methyl/N-ethyl adjacent to an activating group) is 1. The molecule has 19 heavy (non-hydrogen) atoms. The van der Waals surface area contributed by atoms with Gasteiger partial charge in [-0.2, -0.15) is 0 Å². The van der Waals surface area contributed by atoms with Crippen LogP contribution in [0.25, 0.3) is 0 Å². The fourth-order valence-electron chi connectivity index (χ4n) is 3.42. The van der Waals surface area contributed by atoms with Crippen LogP contribution < -0.4 is 0 Å². The molecule has 0 aromatic carbocycles. The molecule has 1 aromatic heterocycles. The Labute approximate surface area is 114 Å². The van der Waals surface area contributed by atoms with Gasteiger partial charge in [0.25, 0.3) is 0 Å². The predicted molar refractivity (Wildman–Crippen MR) is 72.7 cm³/mol. The Kier molecular flexibility index (Phi) is 3.31. The Morgan fingerprint density at radius 3 is 3.05 bits per heavy atom. The van der Waals surface area contributed by atoms with E-state index in [0.717, 1.165) is 25.3 Å². The van der Waals surface area contributed by atoms with E-state index in [2.05, 4.69) is 23.9 Å². The molecule has 104 valence electrons. The van der Waals surface area contributed by atoms with Crippen LogP contribution in [-0.2, 0) is 17.8 Å². The summed E-state index contributed by atoms with van der Waals surface area (Å²) >= 11 is 0. The van der Waals surface area contributed by atoms with Gasteiger partial charge in [0, 0.05) is 37.9 Å². The lowest BCUT2D eigenvalue weighted by Crippen LogP contribution is -2.36. The highest BCUT2D eigenvalue weighted by Gasteiger charge is 2.41. The summed E-state index contributed by atoms with van der Waals surface area (Å²) in [6.07, 6.45) is 5.78. The zero-order valence-electron chi connectivity index (χ0n) is 11.7. The molecule has 5 nitrogen and oxygen atoms in total. The molecule has 3 heterocycles. The Balaban J connectivity index is 1.63. The molecule has 0 N–H and O–H groups in total. The number of amides is 1. The molecule has 1 aromatic rings. The summed E-state index contributed by atoms with van der Waals surface area (Å²) < 4.78 is 1.97. The second-order valence-corrected chi connectivity index (χ2v) is 5.72. The third kappa shape index (κ3) is 2.27. The van der Waals surface area contributed by atoms with Crippen LogP contribution >= 0.6 is 0 Å². The first-order valence-corrected chi connectivity index (χ1v) is 7.17. The van der Waals surface area contributed by atoms with Crippen molar-refractivity contribution in [3.8, 4) is 0 Å². The van der Waals surface area contributed by atoms with Crippen LogP contribution in [0.1, 0.15) is 19.2 Å². The summed E-state index contributed by atoms with van der Waals surface area (Å²) in [7, 11) is 2.17. The van der Waals surface area contributed by atoms with Gasteiger partial charge in [0.05, 0.1) is 0 Å². The molecule has 3 rings (SSSR count). The zero-order valence-corrected chi connectivity index (χ0v) is 11.7. The fourth-order valence-corrected chi connectivity index (χ4v) is 3.42. The Morgan fingerprint density at radius 1 is 1.47 bits per heavy atom. The highest BCUT2D eigenvalue weighted by molar-refractivity contribution is 5.76. The summed E-state index contributed by atoms with van der Waals surface area (Å²) in [6, 6.07) is 0.581. The van der Waals surface area contributed by atoms with E-state index in [0.29, 0.717) is 18.5 Å².